The SMILES string of the molecule is CC1CCC(NCCC(=O)O)CC1C. The molecule has 0 spiro atoms. The van der Waals surface area contributed by atoms with Gasteiger partial charge in [0.1, 0.15) is 0 Å². The highest BCUT2D eigenvalue weighted by Crippen LogP contribution is 2.29. The number of aliphatic carboxylic acids is 1. The second-order valence-electron chi connectivity index (χ2n) is 4.56. The molecule has 1 aliphatic carbocycles. The lowest BCUT2D eigenvalue weighted by Gasteiger charge is -2.32. The topological polar surface area (TPSA) is 49.3 Å². The van der Waals surface area contributed by atoms with Gasteiger partial charge in [-0.2, -0.15) is 0 Å². The Morgan fingerprint density at radius 3 is 2.64 bits per heavy atom. The van der Waals surface area contributed by atoms with Crippen LogP contribution in [-0.2, 0) is 4.79 Å². The Labute approximate surface area is 85.9 Å². The van der Waals surface area contributed by atoms with Crippen LogP contribution in [0.4, 0.5) is 0 Å². The minimum atomic E-state index is -0.713. The maximum atomic E-state index is 10.3. The third kappa shape index (κ3) is 3.66. The molecule has 2 N–H and O–H groups in total. The molecule has 1 rings (SSSR count). The molecule has 0 radical (unpaired) electrons. The van der Waals surface area contributed by atoms with Crippen molar-refractivity contribution in [1.29, 1.82) is 0 Å². The Balaban J connectivity index is 2.16. The number of carboxylic acids is 1. The van der Waals surface area contributed by atoms with Crippen molar-refractivity contribution in [2.75, 3.05) is 6.54 Å². The van der Waals surface area contributed by atoms with Crippen molar-refractivity contribution in [1.82, 2.24) is 5.32 Å². The van der Waals surface area contributed by atoms with Gasteiger partial charge >= 0.3 is 5.97 Å². The smallest absolute Gasteiger partial charge is 0.304 e. The van der Waals surface area contributed by atoms with E-state index in [1.807, 2.05) is 0 Å². The van der Waals surface area contributed by atoms with E-state index in [0.29, 0.717) is 12.6 Å². The van der Waals surface area contributed by atoms with Crippen LogP contribution in [0.25, 0.3) is 0 Å². The Morgan fingerprint density at radius 1 is 1.36 bits per heavy atom. The summed E-state index contributed by atoms with van der Waals surface area (Å²) in [6.45, 7) is 5.20. The van der Waals surface area contributed by atoms with Crippen LogP contribution in [0.1, 0.15) is 39.5 Å². The molecule has 1 fully saturated rings. The van der Waals surface area contributed by atoms with Gasteiger partial charge < -0.3 is 10.4 Å². The number of hydrogen-bond acceptors (Lipinski definition) is 2. The van der Waals surface area contributed by atoms with Crippen molar-refractivity contribution in [3.63, 3.8) is 0 Å². The fourth-order valence-corrected chi connectivity index (χ4v) is 2.12. The highest BCUT2D eigenvalue weighted by atomic mass is 16.4. The van der Waals surface area contributed by atoms with E-state index >= 15 is 0 Å². The van der Waals surface area contributed by atoms with Crippen molar-refractivity contribution in [2.24, 2.45) is 11.8 Å². The lowest BCUT2D eigenvalue weighted by Crippen LogP contribution is -2.37. The predicted octanol–water partition coefficient (Wildman–Crippen LogP) is 1.88. The zero-order valence-corrected chi connectivity index (χ0v) is 9.12. The predicted molar refractivity (Wildman–Crippen MR) is 56.2 cm³/mol. The molecule has 3 nitrogen and oxygen atoms in total. The summed E-state index contributed by atoms with van der Waals surface area (Å²) in [4.78, 5) is 10.3. The third-order valence-corrected chi connectivity index (χ3v) is 3.37. The lowest BCUT2D eigenvalue weighted by atomic mass is 9.79. The van der Waals surface area contributed by atoms with E-state index < -0.39 is 5.97 Å². The summed E-state index contributed by atoms with van der Waals surface area (Å²) in [5.41, 5.74) is 0. The van der Waals surface area contributed by atoms with Gasteiger partial charge in [0.05, 0.1) is 6.42 Å². The van der Waals surface area contributed by atoms with E-state index in [0.717, 1.165) is 11.8 Å². The van der Waals surface area contributed by atoms with Crippen molar-refractivity contribution in [2.45, 2.75) is 45.6 Å². The minimum absolute atomic E-state index is 0.237. The molecule has 0 aromatic rings. The van der Waals surface area contributed by atoms with Gasteiger partial charge in [-0.05, 0) is 31.1 Å². The standard InChI is InChI=1S/C11H21NO2/c1-8-3-4-10(7-9(8)2)12-6-5-11(13)14/h8-10,12H,3-7H2,1-2H3,(H,13,14). The number of nitrogens with one attached hydrogen (secondary N) is 1. The molecule has 0 heterocycles. The minimum Gasteiger partial charge on any atom is -0.481 e. The molecular weight excluding hydrogens is 178 g/mol. The summed E-state index contributed by atoms with van der Waals surface area (Å²) in [7, 11) is 0. The van der Waals surface area contributed by atoms with Crippen LogP contribution in [0.2, 0.25) is 0 Å². The van der Waals surface area contributed by atoms with Gasteiger partial charge in [-0.3, -0.25) is 4.79 Å². The molecule has 0 amide bonds. The van der Waals surface area contributed by atoms with E-state index in [-0.39, 0.29) is 6.42 Å². The lowest BCUT2D eigenvalue weighted by molar-refractivity contribution is -0.136. The van der Waals surface area contributed by atoms with E-state index in [1.165, 1.54) is 19.3 Å². The van der Waals surface area contributed by atoms with Gasteiger partial charge in [0, 0.05) is 12.6 Å². The fraction of sp³-hybridized carbons (Fsp3) is 0.909. The molecule has 3 heteroatoms. The van der Waals surface area contributed by atoms with Crippen LogP contribution in [0.15, 0.2) is 0 Å². The van der Waals surface area contributed by atoms with Crippen molar-refractivity contribution >= 4 is 5.97 Å². The Morgan fingerprint density at radius 2 is 2.07 bits per heavy atom. The maximum absolute atomic E-state index is 10.3. The maximum Gasteiger partial charge on any atom is 0.304 e. The van der Waals surface area contributed by atoms with Gasteiger partial charge in [0.15, 0.2) is 0 Å². The highest BCUT2D eigenvalue weighted by molar-refractivity contribution is 5.66. The quantitative estimate of drug-likeness (QED) is 0.726. The largest absolute Gasteiger partial charge is 0.481 e. The molecule has 0 bridgehead atoms. The zero-order chi connectivity index (χ0) is 10.6. The summed E-state index contributed by atoms with van der Waals surface area (Å²) < 4.78 is 0. The molecule has 82 valence electrons. The first-order chi connectivity index (χ1) is 6.59. The van der Waals surface area contributed by atoms with Gasteiger partial charge in [-0.1, -0.05) is 13.8 Å². The van der Waals surface area contributed by atoms with E-state index in [4.69, 9.17) is 5.11 Å². The number of carbonyl (C=O) groups is 1. The third-order valence-electron chi connectivity index (χ3n) is 3.37. The van der Waals surface area contributed by atoms with Crippen LogP contribution in [-0.4, -0.2) is 23.7 Å². The van der Waals surface area contributed by atoms with E-state index in [9.17, 15) is 4.79 Å². The summed E-state index contributed by atoms with van der Waals surface area (Å²) in [5.74, 6) is 0.883. The van der Waals surface area contributed by atoms with Crippen LogP contribution in [0, 0.1) is 11.8 Å². The van der Waals surface area contributed by atoms with Crippen LogP contribution in [0.5, 0.6) is 0 Å². The monoisotopic (exact) mass is 199 g/mol. The molecular formula is C11H21NO2. The second-order valence-corrected chi connectivity index (χ2v) is 4.56. The van der Waals surface area contributed by atoms with Gasteiger partial charge in [0.25, 0.3) is 0 Å². The van der Waals surface area contributed by atoms with Crippen molar-refractivity contribution in [3.8, 4) is 0 Å². The van der Waals surface area contributed by atoms with Crippen molar-refractivity contribution in [3.05, 3.63) is 0 Å². The Bertz CT molecular complexity index is 194. The van der Waals surface area contributed by atoms with Gasteiger partial charge in [-0.15, -0.1) is 0 Å². The van der Waals surface area contributed by atoms with Gasteiger partial charge in [-0.25, -0.2) is 0 Å². The summed E-state index contributed by atoms with van der Waals surface area (Å²) in [6, 6.07) is 0.542. The molecule has 0 aromatic carbocycles. The molecule has 3 atom stereocenters. The first kappa shape index (κ1) is 11.5. The molecule has 3 unspecified atom stereocenters. The molecule has 0 aliphatic heterocycles. The Hall–Kier alpha value is -0.570. The molecule has 1 saturated carbocycles. The highest BCUT2D eigenvalue weighted by Gasteiger charge is 2.23. The van der Waals surface area contributed by atoms with E-state index in [2.05, 4.69) is 19.2 Å². The van der Waals surface area contributed by atoms with E-state index in [1.54, 1.807) is 0 Å². The number of rotatable bonds is 4. The first-order valence-electron chi connectivity index (χ1n) is 5.54. The molecule has 0 aromatic heterocycles. The van der Waals surface area contributed by atoms with Crippen LogP contribution >= 0.6 is 0 Å². The van der Waals surface area contributed by atoms with Crippen LogP contribution < -0.4 is 5.32 Å². The average Bonchev–Trinajstić information content (AvgIpc) is 2.10. The number of hydrogen-bond donors (Lipinski definition) is 2. The number of carboxylic acid groups (broad SMARTS) is 1. The Kier molecular flexibility index (Phi) is 4.39. The van der Waals surface area contributed by atoms with Crippen LogP contribution in [0.3, 0.4) is 0 Å². The van der Waals surface area contributed by atoms with Gasteiger partial charge in [0.2, 0.25) is 0 Å². The normalized spacial score (nSPS) is 32.9. The molecule has 1 aliphatic rings. The molecule has 0 saturated heterocycles. The second kappa shape index (κ2) is 5.35. The summed E-state index contributed by atoms with van der Waals surface area (Å²) in [5, 5.41) is 11.8. The first-order valence-corrected chi connectivity index (χ1v) is 5.54. The average molecular weight is 199 g/mol. The van der Waals surface area contributed by atoms with Crippen molar-refractivity contribution < 1.29 is 9.90 Å². The zero-order valence-electron chi connectivity index (χ0n) is 9.12. The summed E-state index contributed by atoms with van der Waals surface area (Å²) >= 11 is 0. The summed E-state index contributed by atoms with van der Waals surface area (Å²) in [6.07, 6.45) is 3.90. The molecule has 14 heavy (non-hydrogen) atoms. The fourth-order valence-electron chi connectivity index (χ4n) is 2.12.